The lowest BCUT2D eigenvalue weighted by Crippen LogP contribution is -2.24. The summed E-state index contributed by atoms with van der Waals surface area (Å²) in [6, 6.07) is 6.07. The number of anilines is 1. The molecule has 1 heterocycles. The standard InChI is InChI=1S/C18H21N3O2S/c1-12-11-24-18(20-12)10-19-16(22)7-8-17(23)21-15-6-5-13-3-2-4-14(13)9-15/h5-6,9,11H,2-4,7-8,10H2,1H3,(H,19,22)(H,21,23). The first-order valence-corrected chi connectivity index (χ1v) is 9.07. The van der Waals surface area contributed by atoms with Gasteiger partial charge in [0.15, 0.2) is 0 Å². The van der Waals surface area contributed by atoms with Crippen molar-refractivity contribution in [3.8, 4) is 0 Å². The van der Waals surface area contributed by atoms with E-state index in [1.807, 2.05) is 24.4 Å². The summed E-state index contributed by atoms with van der Waals surface area (Å²) in [5.74, 6) is -0.264. The first-order chi connectivity index (χ1) is 11.6. The second kappa shape index (κ2) is 7.57. The summed E-state index contributed by atoms with van der Waals surface area (Å²) >= 11 is 1.52. The smallest absolute Gasteiger partial charge is 0.224 e. The second-order valence-electron chi connectivity index (χ2n) is 6.04. The van der Waals surface area contributed by atoms with Gasteiger partial charge in [0.2, 0.25) is 11.8 Å². The van der Waals surface area contributed by atoms with Crippen LogP contribution in [0.25, 0.3) is 0 Å². The zero-order chi connectivity index (χ0) is 16.9. The lowest BCUT2D eigenvalue weighted by molar-refractivity contribution is -0.124. The Hall–Kier alpha value is -2.21. The highest BCUT2D eigenvalue weighted by Crippen LogP contribution is 2.24. The number of carbonyl (C=O) groups is 2. The van der Waals surface area contributed by atoms with Crippen LogP contribution in [0.2, 0.25) is 0 Å². The van der Waals surface area contributed by atoms with Crippen molar-refractivity contribution >= 4 is 28.8 Å². The molecule has 0 saturated carbocycles. The molecule has 0 saturated heterocycles. The molecule has 1 aliphatic rings. The van der Waals surface area contributed by atoms with Crippen LogP contribution < -0.4 is 10.6 Å². The van der Waals surface area contributed by atoms with Gasteiger partial charge in [-0.05, 0) is 49.4 Å². The number of fused-ring (bicyclic) bond motifs is 1. The van der Waals surface area contributed by atoms with Gasteiger partial charge in [0, 0.05) is 29.6 Å². The minimum Gasteiger partial charge on any atom is -0.350 e. The molecule has 6 heteroatoms. The number of nitrogens with one attached hydrogen (secondary N) is 2. The Balaban J connectivity index is 1.41. The van der Waals surface area contributed by atoms with Crippen LogP contribution in [0.5, 0.6) is 0 Å². The third-order valence-corrected chi connectivity index (χ3v) is 5.03. The van der Waals surface area contributed by atoms with Crippen molar-refractivity contribution in [2.45, 2.75) is 45.6 Å². The van der Waals surface area contributed by atoms with E-state index in [0.29, 0.717) is 6.54 Å². The minimum atomic E-state index is -0.132. The SMILES string of the molecule is Cc1csc(CNC(=O)CCC(=O)Nc2ccc3c(c2)CCC3)n1. The van der Waals surface area contributed by atoms with E-state index in [2.05, 4.69) is 21.7 Å². The van der Waals surface area contributed by atoms with Crippen LogP contribution in [0, 0.1) is 6.92 Å². The Morgan fingerprint density at radius 1 is 1.17 bits per heavy atom. The molecule has 126 valence electrons. The number of aromatic nitrogens is 1. The highest BCUT2D eigenvalue weighted by atomic mass is 32.1. The van der Waals surface area contributed by atoms with Crippen molar-refractivity contribution in [1.82, 2.24) is 10.3 Å². The molecule has 2 aromatic rings. The first-order valence-electron chi connectivity index (χ1n) is 8.19. The number of nitrogens with zero attached hydrogens (tertiary/aromatic N) is 1. The van der Waals surface area contributed by atoms with Gasteiger partial charge in [-0.2, -0.15) is 0 Å². The Bertz CT molecular complexity index is 754. The third-order valence-electron chi connectivity index (χ3n) is 4.06. The molecule has 1 aromatic carbocycles. The molecule has 0 bridgehead atoms. The van der Waals surface area contributed by atoms with Crippen LogP contribution in [0.15, 0.2) is 23.6 Å². The number of hydrogen-bond acceptors (Lipinski definition) is 4. The summed E-state index contributed by atoms with van der Waals surface area (Å²) in [7, 11) is 0. The Morgan fingerprint density at radius 2 is 1.96 bits per heavy atom. The molecule has 5 nitrogen and oxygen atoms in total. The number of rotatable bonds is 6. The fourth-order valence-electron chi connectivity index (χ4n) is 2.85. The van der Waals surface area contributed by atoms with Gasteiger partial charge in [0.25, 0.3) is 0 Å². The number of aryl methyl sites for hydroxylation is 3. The maximum absolute atomic E-state index is 12.0. The van der Waals surface area contributed by atoms with Gasteiger partial charge in [0.1, 0.15) is 5.01 Å². The molecular weight excluding hydrogens is 322 g/mol. The minimum absolute atomic E-state index is 0.131. The van der Waals surface area contributed by atoms with E-state index in [1.54, 1.807) is 0 Å². The number of hydrogen-bond donors (Lipinski definition) is 2. The molecule has 0 atom stereocenters. The van der Waals surface area contributed by atoms with Crippen molar-refractivity contribution in [2.24, 2.45) is 0 Å². The summed E-state index contributed by atoms with van der Waals surface area (Å²) in [5.41, 5.74) is 4.48. The lowest BCUT2D eigenvalue weighted by atomic mass is 10.1. The average molecular weight is 343 g/mol. The van der Waals surface area contributed by atoms with Gasteiger partial charge >= 0.3 is 0 Å². The van der Waals surface area contributed by atoms with E-state index in [4.69, 9.17) is 0 Å². The quantitative estimate of drug-likeness (QED) is 0.847. The molecule has 3 rings (SSSR count). The summed E-state index contributed by atoms with van der Waals surface area (Å²) < 4.78 is 0. The van der Waals surface area contributed by atoms with Crippen molar-refractivity contribution in [1.29, 1.82) is 0 Å². The van der Waals surface area contributed by atoms with Crippen molar-refractivity contribution < 1.29 is 9.59 Å². The first kappa shape index (κ1) is 16.6. The van der Waals surface area contributed by atoms with E-state index >= 15 is 0 Å². The van der Waals surface area contributed by atoms with E-state index < -0.39 is 0 Å². The van der Waals surface area contributed by atoms with Gasteiger partial charge in [0.05, 0.1) is 6.54 Å². The van der Waals surface area contributed by atoms with Gasteiger partial charge in [-0.25, -0.2) is 4.98 Å². The van der Waals surface area contributed by atoms with Crippen LogP contribution >= 0.6 is 11.3 Å². The summed E-state index contributed by atoms with van der Waals surface area (Å²) in [4.78, 5) is 28.1. The molecule has 0 aliphatic heterocycles. The van der Waals surface area contributed by atoms with E-state index in [-0.39, 0.29) is 24.7 Å². The van der Waals surface area contributed by atoms with E-state index in [1.165, 1.54) is 28.9 Å². The monoisotopic (exact) mass is 343 g/mol. The second-order valence-corrected chi connectivity index (χ2v) is 6.99. The highest BCUT2D eigenvalue weighted by molar-refractivity contribution is 7.09. The molecule has 0 spiro atoms. The Morgan fingerprint density at radius 3 is 2.75 bits per heavy atom. The molecule has 24 heavy (non-hydrogen) atoms. The molecule has 2 N–H and O–H groups in total. The largest absolute Gasteiger partial charge is 0.350 e. The van der Waals surface area contributed by atoms with Gasteiger partial charge in [-0.3, -0.25) is 9.59 Å². The zero-order valence-corrected chi connectivity index (χ0v) is 14.5. The predicted octanol–water partition coefficient (Wildman–Crippen LogP) is 2.98. The van der Waals surface area contributed by atoms with E-state index in [0.717, 1.165) is 29.2 Å². The topological polar surface area (TPSA) is 71.1 Å². The van der Waals surface area contributed by atoms with Crippen molar-refractivity contribution in [2.75, 3.05) is 5.32 Å². The third kappa shape index (κ3) is 4.41. The van der Waals surface area contributed by atoms with E-state index in [9.17, 15) is 9.59 Å². The molecule has 0 unspecified atom stereocenters. The maximum Gasteiger partial charge on any atom is 0.224 e. The number of thiazole rings is 1. The number of amides is 2. The van der Waals surface area contributed by atoms with Gasteiger partial charge in [-0.1, -0.05) is 6.07 Å². The van der Waals surface area contributed by atoms with Gasteiger partial charge < -0.3 is 10.6 Å². The highest BCUT2D eigenvalue weighted by Gasteiger charge is 2.12. The number of benzene rings is 1. The number of carbonyl (C=O) groups excluding carboxylic acids is 2. The molecule has 0 radical (unpaired) electrons. The van der Waals surface area contributed by atoms with Gasteiger partial charge in [-0.15, -0.1) is 11.3 Å². The van der Waals surface area contributed by atoms with Crippen LogP contribution in [0.4, 0.5) is 5.69 Å². The average Bonchev–Trinajstić information content (AvgIpc) is 3.19. The molecule has 1 aromatic heterocycles. The molecule has 2 amide bonds. The normalized spacial score (nSPS) is 12.7. The fourth-order valence-corrected chi connectivity index (χ4v) is 3.56. The van der Waals surface area contributed by atoms with Crippen molar-refractivity contribution in [3.63, 3.8) is 0 Å². The summed E-state index contributed by atoms with van der Waals surface area (Å²) in [6.45, 7) is 2.34. The van der Waals surface area contributed by atoms with Crippen LogP contribution in [-0.2, 0) is 29.0 Å². The maximum atomic E-state index is 12.0. The Labute approximate surface area is 145 Å². The van der Waals surface area contributed by atoms with Crippen molar-refractivity contribution in [3.05, 3.63) is 45.4 Å². The predicted molar refractivity (Wildman–Crippen MR) is 95.0 cm³/mol. The molecule has 1 aliphatic carbocycles. The van der Waals surface area contributed by atoms with Crippen LogP contribution in [0.3, 0.4) is 0 Å². The summed E-state index contributed by atoms with van der Waals surface area (Å²) in [6.07, 6.45) is 3.76. The Kier molecular flexibility index (Phi) is 5.25. The van der Waals surface area contributed by atoms with Crippen LogP contribution in [-0.4, -0.2) is 16.8 Å². The fraction of sp³-hybridized carbons (Fsp3) is 0.389. The van der Waals surface area contributed by atoms with Crippen LogP contribution in [0.1, 0.15) is 41.1 Å². The lowest BCUT2D eigenvalue weighted by Gasteiger charge is -2.08. The molecule has 0 fully saturated rings. The summed E-state index contributed by atoms with van der Waals surface area (Å²) in [5, 5.41) is 8.50. The zero-order valence-electron chi connectivity index (χ0n) is 13.7. The molecular formula is C18H21N3O2S.